The van der Waals surface area contributed by atoms with Crippen LogP contribution in [0.15, 0.2) is 0 Å². The van der Waals surface area contributed by atoms with E-state index in [2.05, 4.69) is 5.32 Å². The van der Waals surface area contributed by atoms with Crippen molar-refractivity contribution in [3.63, 3.8) is 0 Å². The van der Waals surface area contributed by atoms with Gasteiger partial charge in [-0.15, -0.1) is 0 Å². The van der Waals surface area contributed by atoms with Gasteiger partial charge in [-0.05, 0) is 25.7 Å². The number of methoxy groups -OCH3 is 1. The first-order chi connectivity index (χ1) is 7.04. The normalized spacial score (nSPS) is 27.9. The largest absolute Gasteiger partial charge is 0.385 e. The minimum atomic E-state index is -3.36. The van der Waals surface area contributed by atoms with Crippen molar-refractivity contribution in [1.29, 1.82) is 0 Å². The molecule has 90 valence electrons. The summed E-state index contributed by atoms with van der Waals surface area (Å²) in [6.07, 6.45) is 3.59. The maximum atomic E-state index is 11.1. The van der Waals surface area contributed by atoms with Crippen LogP contribution in [0.2, 0.25) is 0 Å². The standard InChI is InChI=1S/C9H20N2O3S/c1-14-6-2-3-8-4-5-9(7-11-8)15(10,12)13/h8-9,11H,2-7H2,1H3,(H2,10,12,13). The fourth-order valence-corrected chi connectivity index (χ4v) is 2.68. The van der Waals surface area contributed by atoms with Crippen LogP contribution >= 0.6 is 0 Å². The molecule has 2 atom stereocenters. The minimum absolute atomic E-state index is 0.406. The lowest BCUT2D eigenvalue weighted by Gasteiger charge is -2.28. The summed E-state index contributed by atoms with van der Waals surface area (Å²) >= 11 is 0. The zero-order valence-corrected chi connectivity index (χ0v) is 9.92. The molecule has 0 amide bonds. The zero-order valence-electron chi connectivity index (χ0n) is 9.11. The number of sulfonamides is 1. The van der Waals surface area contributed by atoms with Crippen LogP contribution in [0.4, 0.5) is 0 Å². The van der Waals surface area contributed by atoms with E-state index in [1.165, 1.54) is 0 Å². The van der Waals surface area contributed by atoms with Crippen molar-refractivity contribution in [3.05, 3.63) is 0 Å². The first-order valence-corrected chi connectivity index (χ1v) is 6.89. The van der Waals surface area contributed by atoms with E-state index in [0.29, 0.717) is 19.0 Å². The molecule has 0 aliphatic carbocycles. The second-order valence-electron chi connectivity index (χ2n) is 4.03. The van der Waals surface area contributed by atoms with Gasteiger partial charge in [0.25, 0.3) is 0 Å². The van der Waals surface area contributed by atoms with Crippen molar-refractivity contribution in [2.24, 2.45) is 5.14 Å². The zero-order chi connectivity index (χ0) is 11.3. The lowest BCUT2D eigenvalue weighted by atomic mass is 10.0. The summed E-state index contributed by atoms with van der Waals surface area (Å²) in [7, 11) is -1.68. The topological polar surface area (TPSA) is 81.4 Å². The molecule has 0 aromatic carbocycles. The van der Waals surface area contributed by atoms with E-state index in [-0.39, 0.29) is 0 Å². The molecular formula is C9H20N2O3S. The first-order valence-electron chi connectivity index (χ1n) is 5.28. The summed E-state index contributed by atoms with van der Waals surface area (Å²) < 4.78 is 27.1. The van der Waals surface area contributed by atoms with Crippen molar-refractivity contribution in [2.45, 2.75) is 37.0 Å². The molecule has 1 fully saturated rings. The Morgan fingerprint density at radius 2 is 2.20 bits per heavy atom. The number of ether oxygens (including phenoxy) is 1. The van der Waals surface area contributed by atoms with Gasteiger partial charge in [-0.3, -0.25) is 0 Å². The Morgan fingerprint density at radius 1 is 1.47 bits per heavy atom. The molecule has 1 saturated heterocycles. The molecule has 1 heterocycles. The molecule has 0 aromatic heterocycles. The van der Waals surface area contributed by atoms with Crippen molar-refractivity contribution >= 4 is 10.0 Å². The molecule has 6 heteroatoms. The Morgan fingerprint density at radius 3 is 2.67 bits per heavy atom. The van der Waals surface area contributed by atoms with Crippen LogP contribution in [-0.2, 0) is 14.8 Å². The molecule has 0 saturated carbocycles. The highest BCUT2D eigenvalue weighted by atomic mass is 32.2. The van der Waals surface area contributed by atoms with Gasteiger partial charge in [-0.25, -0.2) is 13.6 Å². The molecule has 0 bridgehead atoms. The fourth-order valence-electron chi connectivity index (χ4n) is 1.89. The van der Waals surface area contributed by atoms with Gasteiger partial charge >= 0.3 is 0 Å². The maximum Gasteiger partial charge on any atom is 0.213 e. The molecular weight excluding hydrogens is 216 g/mol. The van der Waals surface area contributed by atoms with Crippen LogP contribution in [0.5, 0.6) is 0 Å². The summed E-state index contributed by atoms with van der Waals surface area (Å²) in [4.78, 5) is 0. The van der Waals surface area contributed by atoms with Gasteiger partial charge in [0.1, 0.15) is 0 Å². The number of primary sulfonamides is 1. The Balaban J connectivity index is 2.24. The van der Waals surface area contributed by atoms with Crippen molar-refractivity contribution in [2.75, 3.05) is 20.3 Å². The second-order valence-corrected chi connectivity index (χ2v) is 5.87. The number of rotatable bonds is 5. The predicted octanol–water partition coefficient (Wildman–Crippen LogP) is -0.178. The monoisotopic (exact) mass is 236 g/mol. The number of piperidine rings is 1. The quantitative estimate of drug-likeness (QED) is 0.649. The summed E-state index contributed by atoms with van der Waals surface area (Å²) in [5, 5.41) is 7.90. The third-order valence-electron chi connectivity index (χ3n) is 2.84. The van der Waals surface area contributed by atoms with Crippen LogP contribution < -0.4 is 10.5 Å². The molecule has 0 aromatic rings. The molecule has 0 spiro atoms. The summed E-state index contributed by atoms with van der Waals surface area (Å²) in [6.45, 7) is 1.24. The average molecular weight is 236 g/mol. The van der Waals surface area contributed by atoms with Gasteiger partial charge in [-0.2, -0.15) is 0 Å². The highest BCUT2D eigenvalue weighted by Crippen LogP contribution is 2.16. The van der Waals surface area contributed by atoms with Gasteiger partial charge in [0, 0.05) is 26.3 Å². The first kappa shape index (κ1) is 12.9. The van der Waals surface area contributed by atoms with Gasteiger partial charge in [0.05, 0.1) is 5.25 Å². The van der Waals surface area contributed by atoms with E-state index in [4.69, 9.17) is 9.88 Å². The smallest absolute Gasteiger partial charge is 0.213 e. The van der Waals surface area contributed by atoms with Gasteiger partial charge < -0.3 is 10.1 Å². The van der Waals surface area contributed by atoms with E-state index in [0.717, 1.165) is 25.9 Å². The summed E-state index contributed by atoms with van der Waals surface area (Å²) in [5.74, 6) is 0. The van der Waals surface area contributed by atoms with Crippen molar-refractivity contribution in [3.8, 4) is 0 Å². The number of hydrogen-bond donors (Lipinski definition) is 2. The predicted molar refractivity (Wildman–Crippen MR) is 59.0 cm³/mol. The highest BCUT2D eigenvalue weighted by Gasteiger charge is 2.27. The lowest BCUT2D eigenvalue weighted by molar-refractivity contribution is 0.186. The van der Waals surface area contributed by atoms with E-state index in [9.17, 15) is 8.42 Å². The van der Waals surface area contributed by atoms with E-state index in [1.807, 2.05) is 0 Å². The number of hydrogen-bond acceptors (Lipinski definition) is 4. The van der Waals surface area contributed by atoms with Gasteiger partial charge in [0.15, 0.2) is 0 Å². The number of nitrogens with two attached hydrogens (primary N) is 1. The minimum Gasteiger partial charge on any atom is -0.385 e. The Bertz CT molecular complexity index is 271. The van der Waals surface area contributed by atoms with Crippen LogP contribution in [0.25, 0.3) is 0 Å². The Kier molecular flexibility index (Phi) is 4.98. The van der Waals surface area contributed by atoms with E-state index in [1.54, 1.807) is 7.11 Å². The summed E-state index contributed by atoms with van der Waals surface area (Å²) in [5.41, 5.74) is 0. The molecule has 1 aliphatic heterocycles. The maximum absolute atomic E-state index is 11.1. The molecule has 3 N–H and O–H groups in total. The molecule has 0 radical (unpaired) electrons. The van der Waals surface area contributed by atoms with Gasteiger partial charge in [-0.1, -0.05) is 0 Å². The molecule has 1 aliphatic rings. The van der Waals surface area contributed by atoms with Crippen molar-refractivity contribution in [1.82, 2.24) is 5.32 Å². The lowest BCUT2D eigenvalue weighted by Crippen LogP contribution is -2.46. The third kappa shape index (κ3) is 4.46. The van der Waals surface area contributed by atoms with Crippen molar-refractivity contribution < 1.29 is 13.2 Å². The fraction of sp³-hybridized carbons (Fsp3) is 1.00. The Hall–Kier alpha value is -0.170. The highest BCUT2D eigenvalue weighted by molar-refractivity contribution is 7.89. The molecule has 5 nitrogen and oxygen atoms in total. The van der Waals surface area contributed by atoms with Crippen LogP contribution in [0, 0.1) is 0 Å². The summed E-state index contributed by atoms with van der Waals surface area (Å²) in [6, 6.07) is 0.415. The second kappa shape index (κ2) is 5.79. The third-order valence-corrected chi connectivity index (χ3v) is 4.17. The number of nitrogens with one attached hydrogen (secondary N) is 1. The average Bonchev–Trinajstić information content (AvgIpc) is 2.18. The molecule has 2 unspecified atom stereocenters. The van der Waals surface area contributed by atoms with Gasteiger partial charge in [0.2, 0.25) is 10.0 Å². The SMILES string of the molecule is COCCCC1CCC(S(N)(=O)=O)CN1. The van der Waals surface area contributed by atoms with Crippen LogP contribution in [0.1, 0.15) is 25.7 Å². The van der Waals surface area contributed by atoms with Crippen LogP contribution in [-0.4, -0.2) is 40.0 Å². The molecule has 1 rings (SSSR count). The Labute approximate surface area is 91.4 Å². The van der Waals surface area contributed by atoms with Crippen LogP contribution in [0.3, 0.4) is 0 Å². The van der Waals surface area contributed by atoms with E-state index >= 15 is 0 Å². The molecule has 15 heavy (non-hydrogen) atoms. The van der Waals surface area contributed by atoms with E-state index < -0.39 is 15.3 Å².